The van der Waals surface area contributed by atoms with Crippen molar-refractivity contribution in [2.75, 3.05) is 0 Å². The van der Waals surface area contributed by atoms with E-state index in [4.69, 9.17) is 16.7 Å². The van der Waals surface area contributed by atoms with E-state index in [-0.39, 0.29) is 6.61 Å². The van der Waals surface area contributed by atoms with Gasteiger partial charge in [-0.15, -0.1) is 0 Å². The number of hydrogen-bond acceptors (Lipinski definition) is 3. The van der Waals surface area contributed by atoms with Crippen LogP contribution in [-0.2, 0) is 6.61 Å². The number of aryl methyl sites for hydroxylation is 1. The minimum absolute atomic E-state index is 0.174. The maximum absolute atomic E-state index is 9.02. The summed E-state index contributed by atoms with van der Waals surface area (Å²) in [4.78, 5) is 4.19. The summed E-state index contributed by atoms with van der Waals surface area (Å²) in [6.45, 7) is 1.78. The molecule has 0 spiro atoms. The summed E-state index contributed by atoms with van der Waals surface area (Å²) >= 11 is 5.84. The molecule has 0 atom stereocenters. The predicted octanol–water partition coefficient (Wildman–Crippen LogP) is 1.72. The molecular formula is C10H10ClN3O. The summed E-state index contributed by atoms with van der Waals surface area (Å²) in [5.41, 5.74) is 1.51. The van der Waals surface area contributed by atoms with E-state index in [0.29, 0.717) is 16.5 Å². The molecule has 2 heterocycles. The third-order valence-electron chi connectivity index (χ3n) is 2.00. The fourth-order valence-electron chi connectivity index (χ4n) is 1.25. The van der Waals surface area contributed by atoms with Crippen LogP contribution in [0.5, 0.6) is 0 Å². The largest absolute Gasteiger partial charge is 0.390 e. The fourth-order valence-corrected chi connectivity index (χ4v) is 1.41. The number of rotatable bonds is 2. The van der Waals surface area contributed by atoms with Gasteiger partial charge < -0.3 is 5.11 Å². The molecule has 0 fully saturated rings. The second-order valence-electron chi connectivity index (χ2n) is 3.22. The first-order valence-corrected chi connectivity index (χ1v) is 4.86. The van der Waals surface area contributed by atoms with Crippen molar-refractivity contribution in [1.82, 2.24) is 14.8 Å². The van der Waals surface area contributed by atoms with Crippen molar-refractivity contribution in [3.8, 4) is 5.82 Å². The van der Waals surface area contributed by atoms with Gasteiger partial charge in [-0.1, -0.05) is 11.6 Å². The zero-order valence-electron chi connectivity index (χ0n) is 8.18. The standard InChI is InChI=1S/C10H10ClN3O/c1-7-4-12-14(5-7)10-3-2-8(11)9(6-15)13-10/h2-5,15H,6H2,1H3. The number of aliphatic hydroxyl groups is 1. The normalized spacial score (nSPS) is 10.6. The molecular weight excluding hydrogens is 214 g/mol. The van der Waals surface area contributed by atoms with Crippen LogP contribution in [0.1, 0.15) is 11.3 Å². The van der Waals surface area contributed by atoms with E-state index >= 15 is 0 Å². The van der Waals surface area contributed by atoms with Gasteiger partial charge >= 0.3 is 0 Å². The van der Waals surface area contributed by atoms with Gasteiger partial charge in [-0.05, 0) is 24.6 Å². The SMILES string of the molecule is Cc1cnn(-c2ccc(Cl)c(CO)n2)c1. The van der Waals surface area contributed by atoms with Crippen molar-refractivity contribution < 1.29 is 5.11 Å². The molecule has 0 aliphatic carbocycles. The van der Waals surface area contributed by atoms with Crippen LogP contribution in [0.15, 0.2) is 24.5 Å². The van der Waals surface area contributed by atoms with Gasteiger partial charge in [-0.2, -0.15) is 5.10 Å². The van der Waals surface area contributed by atoms with E-state index in [0.717, 1.165) is 5.56 Å². The van der Waals surface area contributed by atoms with Gasteiger partial charge in [0.25, 0.3) is 0 Å². The Morgan fingerprint density at radius 1 is 1.47 bits per heavy atom. The van der Waals surface area contributed by atoms with Crippen LogP contribution in [0, 0.1) is 6.92 Å². The Morgan fingerprint density at radius 2 is 2.27 bits per heavy atom. The summed E-state index contributed by atoms with van der Waals surface area (Å²) in [7, 11) is 0. The van der Waals surface area contributed by atoms with Gasteiger partial charge in [-0.25, -0.2) is 9.67 Å². The first kappa shape index (κ1) is 10.1. The van der Waals surface area contributed by atoms with Crippen molar-refractivity contribution in [3.05, 3.63) is 40.8 Å². The van der Waals surface area contributed by atoms with Gasteiger partial charge in [0, 0.05) is 6.20 Å². The summed E-state index contributed by atoms with van der Waals surface area (Å²) in [6.07, 6.45) is 3.60. The van der Waals surface area contributed by atoms with Crippen LogP contribution in [0.3, 0.4) is 0 Å². The van der Waals surface area contributed by atoms with Crippen molar-refractivity contribution in [2.24, 2.45) is 0 Å². The third-order valence-corrected chi connectivity index (χ3v) is 2.34. The summed E-state index contributed by atoms with van der Waals surface area (Å²) in [6, 6.07) is 3.46. The van der Waals surface area contributed by atoms with Crippen LogP contribution in [0.4, 0.5) is 0 Å². The zero-order valence-corrected chi connectivity index (χ0v) is 8.94. The number of aromatic nitrogens is 3. The molecule has 0 aromatic carbocycles. The van der Waals surface area contributed by atoms with Crippen LogP contribution in [-0.4, -0.2) is 19.9 Å². The summed E-state index contributed by atoms with van der Waals surface area (Å²) in [5, 5.41) is 13.6. The highest BCUT2D eigenvalue weighted by Gasteiger charge is 2.04. The second-order valence-corrected chi connectivity index (χ2v) is 3.63. The molecule has 0 bridgehead atoms. The Labute approximate surface area is 92.1 Å². The first-order chi connectivity index (χ1) is 7.20. The van der Waals surface area contributed by atoms with E-state index in [1.165, 1.54) is 0 Å². The molecule has 0 amide bonds. The minimum atomic E-state index is -0.174. The molecule has 0 aliphatic heterocycles. The van der Waals surface area contributed by atoms with E-state index in [1.807, 2.05) is 13.1 Å². The number of nitrogens with zero attached hydrogens (tertiary/aromatic N) is 3. The summed E-state index contributed by atoms with van der Waals surface area (Å²) < 4.78 is 1.64. The number of hydrogen-bond donors (Lipinski definition) is 1. The molecule has 2 aromatic rings. The van der Waals surface area contributed by atoms with Crippen molar-refractivity contribution in [2.45, 2.75) is 13.5 Å². The zero-order chi connectivity index (χ0) is 10.8. The molecule has 0 aliphatic rings. The van der Waals surface area contributed by atoms with Crippen LogP contribution in [0.25, 0.3) is 5.82 Å². The molecule has 2 aromatic heterocycles. The van der Waals surface area contributed by atoms with Gasteiger partial charge in [0.2, 0.25) is 0 Å². The Hall–Kier alpha value is -1.39. The van der Waals surface area contributed by atoms with Crippen LogP contribution < -0.4 is 0 Å². The van der Waals surface area contributed by atoms with E-state index in [9.17, 15) is 0 Å². The number of aliphatic hydroxyl groups excluding tert-OH is 1. The lowest BCUT2D eigenvalue weighted by molar-refractivity contribution is 0.277. The molecule has 0 radical (unpaired) electrons. The Morgan fingerprint density at radius 3 is 2.87 bits per heavy atom. The highest BCUT2D eigenvalue weighted by atomic mass is 35.5. The highest BCUT2D eigenvalue weighted by molar-refractivity contribution is 6.31. The molecule has 15 heavy (non-hydrogen) atoms. The van der Waals surface area contributed by atoms with Gasteiger partial charge in [-0.3, -0.25) is 0 Å². The van der Waals surface area contributed by atoms with Gasteiger partial charge in [0.1, 0.15) is 0 Å². The lowest BCUT2D eigenvalue weighted by Crippen LogP contribution is -2.01. The van der Waals surface area contributed by atoms with E-state index < -0.39 is 0 Å². The van der Waals surface area contributed by atoms with E-state index in [2.05, 4.69) is 10.1 Å². The summed E-state index contributed by atoms with van der Waals surface area (Å²) in [5.74, 6) is 0.650. The lowest BCUT2D eigenvalue weighted by Gasteiger charge is -2.03. The number of pyridine rings is 1. The second kappa shape index (κ2) is 4.00. The molecule has 4 nitrogen and oxygen atoms in total. The van der Waals surface area contributed by atoms with Crippen molar-refractivity contribution in [3.63, 3.8) is 0 Å². The first-order valence-electron chi connectivity index (χ1n) is 4.48. The molecule has 0 saturated heterocycles. The maximum atomic E-state index is 9.02. The van der Waals surface area contributed by atoms with Crippen LogP contribution >= 0.6 is 11.6 Å². The smallest absolute Gasteiger partial charge is 0.153 e. The lowest BCUT2D eigenvalue weighted by atomic mass is 10.3. The Balaban J connectivity index is 2.45. The highest BCUT2D eigenvalue weighted by Crippen LogP contribution is 2.16. The molecule has 78 valence electrons. The molecule has 5 heteroatoms. The van der Waals surface area contributed by atoms with Crippen molar-refractivity contribution >= 4 is 11.6 Å². The third kappa shape index (κ3) is 2.00. The van der Waals surface area contributed by atoms with Gasteiger partial charge in [0.05, 0.1) is 23.5 Å². The van der Waals surface area contributed by atoms with Crippen LogP contribution in [0.2, 0.25) is 5.02 Å². The average Bonchev–Trinajstić information content (AvgIpc) is 2.66. The van der Waals surface area contributed by atoms with Gasteiger partial charge in [0.15, 0.2) is 5.82 Å². The monoisotopic (exact) mass is 223 g/mol. The molecule has 1 N–H and O–H groups in total. The Bertz CT molecular complexity index is 481. The molecule has 2 rings (SSSR count). The predicted molar refractivity (Wildman–Crippen MR) is 57.0 cm³/mol. The molecule has 0 saturated carbocycles. The Kier molecular flexibility index (Phi) is 2.70. The molecule has 0 unspecified atom stereocenters. The number of halogens is 1. The average molecular weight is 224 g/mol. The van der Waals surface area contributed by atoms with E-state index in [1.54, 1.807) is 23.0 Å². The topological polar surface area (TPSA) is 50.9 Å². The fraction of sp³-hybridized carbons (Fsp3) is 0.200. The minimum Gasteiger partial charge on any atom is -0.390 e. The quantitative estimate of drug-likeness (QED) is 0.844. The maximum Gasteiger partial charge on any atom is 0.153 e. The van der Waals surface area contributed by atoms with Crippen molar-refractivity contribution in [1.29, 1.82) is 0 Å².